The van der Waals surface area contributed by atoms with E-state index in [4.69, 9.17) is 0 Å². The van der Waals surface area contributed by atoms with Crippen molar-refractivity contribution >= 4 is 12.2 Å². The summed E-state index contributed by atoms with van der Waals surface area (Å²) < 4.78 is 1.89. The zero-order chi connectivity index (χ0) is 9.38. The lowest BCUT2D eigenvalue weighted by atomic mass is 10.4. The Balaban J connectivity index is 2.15. The summed E-state index contributed by atoms with van der Waals surface area (Å²) in [5.74, 6) is 1.34. The van der Waals surface area contributed by atoms with Gasteiger partial charge in [0.2, 0.25) is 0 Å². The molecule has 0 radical (unpaired) electrons. The fourth-order valence-corrected chi connectivity index (χ4v) is 1.37. The fourth-order valence-electron chi connectivity index (χ4n) is 1.37. The van der Waals surface area contributed by atoms with Crippen LogP contribution in [0.15, 0.2) is 23.6 Å². The van der Waals surface area contributed by atoms with Gasteiger partial charge in [0, 0.05) is 18.6 Å². The standard InChI is InChI=1S/C8H6N6/c1-2-10-6(5-9-1)7-12-13-8-11-3-4-14(7)8/h1-3,5H,4H2. The van der Waals surface area contributed by atoms with Gasteiger partial charge >= 0.3 is 0 Å². The van der Waals surface area contributed by atoms with Gasteiger partial charge in [0.25, 0.3) is 5.95 Å². The van der Waals surface area contributed by atoms with Crippen LogP contribution in [0.25, 0.3) is 11.5 Å². The molecule has 1 aliphatic heterocycles. The zero-order valence-electron chi connectivity index (χ0n) is 7.20. The Morgan fingerprint density at radius 3 is 3.07 bits per heavy atom. The number of aliphatic imine (C=N–C) groups is 1. The number of nitrogens with zero attached hydrogens (tertiary/aromatic N) is 6. The molecule has 6 heteroatoms. The van der Waals surface area contributed by atoms with Gasteiger partial charge in [-0.15, -0.1) is 10.2 Å². The Kier molecular flexibility index (Phi) is 1.41. The normalized spacial score (nSPS) is 13.1. The van der Waals surface area contributed by atoms with Crippen molar-refractivity contribution in [2.45, 2.75) is 6.54 Å². The van der Waals surface area contributed by atoms with Gasteiger partial charge in [-0.05, 0) is 0 Å². The first-order chi connectivity index (χ1) is 6.95. The van der Waals surface area contributed by atoms with Crippen LogP contribution in [0.5, 0.6) is 0 Å². The quantitative estimate of drug-likeness (QED) is 0.648. The Bertz CT molecular complexity index is 486. The minimum atomic E-state index is 0.630. The number of rotatable bonds is 1. The summed E-state index contributed by atoms with van der Waals surface area (Å²) in [7, 11) is 0. The molecule has 6 nitrogen and oxygen atoms in total. The van der Waals surface area contributed by atoms with Crippen molar-refractivity contribution in [3.8, 4) is 11.5 Å². The lowest BCUT2D eigenvalue weighted by molar-refractivity contribution is 0.896. The minimum absolute atomic E-state index is 0.630. The highest BCUT2D eigenvalue weighted by Crippen LogP contribution is 2.21. The van der Waals surface area contributed by atoms with E-state index < -0.39 is 0 Å². The molecule has 0 aromatic carbocycles. The second-order valence-corrected chi connectivity index (χ2v) is 2.84. The van der Waals surface area contributed by atoms with Gasteiger partial charge in [-0.25, -0.2) is 9.98 Å². The Morgan fingerprint density at radius 1 is 1.21 bits per heavy atom. The lowest BCUT2D eigenvalue weighted by Crippen LogP contribution is -1.98. The van der Waals surface area contributed by atoms with E-state index in [1.165, 1.54) is 0 Å². The molecule has 68 valence electrons. The number of hydrogen-bond acceptors (Lipinski definition) is 5. The molecule has 0 saturated carbocycles. The summed E-state index contributed by atoms with van der Waals surface area (Å²) in [5.41, 5.74) is 0.719. The maximum atomic E-state index is 4.16. The van der Waals surface area contributed by atoms with E-state index in [-0.39, 0.29) is 0 Å². The molecule has 0 N–H and O–H groups in total. The number of fused-ring (bicyclic) bond motifs is 1. The van der Waals surface area contributed by atoms with Gasteiger partial charge < -0.3 is 0 Å². The van der Waals surface area contributed by atoms with Gasteiger partial charge in [0.15, 0.2) is 5.82 Å². The van der Waals surface area contributed by atoms with Crippen LogP contribution < -0.4 is 0 Å². The first-order valence-electron chi connectivity index (χ1n) is 4.17. The average Bonchev–Trinajstić information content (AvgIpc) is 2.79. The predicted molar refractivity (Wildman–Crippen MR) is 49.2 cm³/mol. The maximum absolute atomic E-state index is 4.16. The van der Waals surface area contributed by atoms with Crippen molar-refractivity contribution in [1.82, 2.24) is 24.7 Å². The first-order valence-corrected chi connectivity index (χ1v) is 4.17. The van der Waals surface area contributed by atoms with Crippen LogP contribution in [0.4, 0.5) is 5.95 Å². The van der Waals surface area contributed by atoms with Crippen molar-refractivity contribution < 1.29 is 0 Å². The lowest BCUT2D eigenvalue weighted by Gasteiger charge is -1.98. The molecule has 1 aliphatic rings. The van der Waals surface area contributed by atoms with Crippen LogP contribution in [-0.2, 0) is 6.54 Å². The molecule has 0 spiro atoms. The Labute approximate surface area is 79.4 Å². The third-order valence-electron chi connectivity index (χ3n) is 1.99. The van der Waals surface area contributed by atoms with E-state index in [0.29, 0.717) is 18.3 Å². The van der Waals surface area contributed by atoms with Crippen LogP contribution in [0.3, 0.4) is 0 Å². The Hall–Kier alpha value is -2.11. The first kappa shape index (κ1) is 7.31. The van der Waals surface area contributed by atoms with Crippen LogP contribution in [-0.4, -0.2) is 30.9 Å². The van der Waals surface area contributed by atoms with E-state index in [2.05, 4.69) is 25.2 Å². The highest BCUT2D eigenvalue weighted by Gasteiger charge is 2.16. The van der Waals surface area contributed by atoms with E-state index >= 15 is 0 Å². The third kappa shape index (κ3) is 0.936. The fraction of sp³-hybridized carbons (Fsp3) is 0.125. The van der Waals surface area contributed by atoms with Crippen LogP contribution in [0.1, 0.15) is 0 Å². The minimum Gasteiger partial charge on any atom is -0.285 e. The number of aromatic nitrogens is 5. The van der Waals surface area contributed by atoms with Crippen molar-refractivity contribution in [3.63, 3.8) is 0 Å². The maximum Gasteiger partial charge on any atom is 0.251 e. The molecule has 0 bridgehead atoms. The van der Waals surface area contributed by atoms with Crippen LogP contribution >= 0.6 is 0 Å². The third-order valence-corrected chi connectivity index (χ3v) is 1.99. The molecule has 3 rings (SSSR count). The summed E-state index contributed by atoms with van der Waals surface area (Å²) in [4.78, 5) is 12.2. The van der Waals surface area contributed by atoms with E-state index in [0.717, 1.165) is 5.69 Å². The van der Waals surface area contributed by atoms with E-state index in [9.17, 15) is 0 Å². The molecule has 0 amide bonds. The highest BCUT2D eigenvalue weighted by atomic mass is 15.4. The van der Waals surface area contributed by atoms with E-state index in [1.807, 2.05) is 4.57 Å². The van der Waals surface area contributed by atoms with Crippen LogP contribution in [0.2, 0.25) is 0 Å². The zero-order valence-corrected chi connectivity index (χ0v) is 7.20. The molecule has 0 atom stereocenters. The molecule has 3 heterocycles. The van der Waals surface area contributed by atoms with Gasteiger partial charge in [0.1, 0.15) is 5.69 Å². The molecule has 0 aliphatic carbocycles. The summed E-state index contributed by atoms with van der Waals surface area (Å²) in [6, 6.07) is 0. The molecular weight excluding hydrogens is 180 g/mol. The molecule has 0 saturated heterocycles. The van der Waals surface area contributed by atoms with Gasteiger partial charge in [-0.3, -0.25) is 9.55 Å². The van der Waals surface area contributed by atoms with Gasteiger partial charge in [-0.1, -0.05) is 0 Å². The van der Waals surface area contributed by atoms with Crippen molar-refractivity contribution in [2.24, 2.45) is 4.99 Å². The monoisotopic (exact) mass is 186 g/mol. The summed E-state index contributed by atoms with van der Waals surface area (Å²) in [6.45, 7) is 0.703. The Morgan fingerprint density at radius 2 is 2.21 bits per heavy atom. The van der Waals surface area contributed by atoms with Gasteiger partial charge in [-0.2, -0.15) is 0 Å². The number of hydrogen-bond donors (Lipinski definition) is 0. The molecule has 0 unspecified atom stereocenters. The summed E-state index contributed by atoms with van der Waals surface area (Å²) in [6.07, 6.45) is 6.72. The largest absolute Gasteiger partial charge is 0.285 e. The van der Waals surface area contributed by atoms with Crippen molar-refractivity contribution in [3.05, 3.63) is 18.6 Å². The molecule has 0 fully saturated rings. The second-order valence-electron chi connectivity index (χ2n) is 2.84. The topological polar surface area (TPSA) is 68.8 Å². The van der Waals surface area contributed by atoms with Gasteiger partial charge in [0.05, 0.1) is 12.7 Å². The predicted octanol–water partition coefficient (Wildman–Crippen LogP) is 0.451. The van der Waals surface area contributed by atoms with E-state index in [1.54, 1.807) is 24.8 Å². The highest BCUT2D eigenvalue weighted by molar-refractivity contribution is 5.68. The second kappa shape index (κ2) is 2.69. The smallest absolute Gasteiger partial charge is 0.251 e. The van der Waals surface area contributed by atoms with Crippen molar-refractivity contribution in [1.29, 1.82) is 0 Å². The summed E-state index contributed by atoms with van der Waals surface area (Å²) in [5, 5.41) is 7.93. The molecular formula is C8H6N6. The van der Waals surface area contributed by atoms with Crippen LogP contribution in [0, 0.1) is 0 Å². The molecule has 14 heavy (non-hydrogen) atoms. The molecule has 2 aromatic heterocycles. The molecule has 2 aromatic rings. The SMILES string of the molecule is C1=Nc2nnc(-c3cnccn3)n2C1. The summed E-state index contributed by atoms with van der Waals surface area (Å²) >= 11 is 0. The average molecular weight is 186 g/mol. The van der Waals surface area contributed by atoms with Crippen molar-refractivity contribution in [2.75, 3.05) is 0 Å².